The number of nitrogens with one attached hydrogen (secondary N) is 1. The second kappa shape index (κ2) is 7.29. The van der Waals surface area contributed by atoms with Crippen LogP contribution in [0.5, 0.6) is 0 Å². The molecule has 96 valence electrons. The van der Waals surface area contributed by atoms with Crippen molar-refractivity contribution in [3.8, 4) is 0 Å². The quantitative estimate of drug-likeness (QED) is 0.608. The standard InChI is InChI=1S/C14H30N2/c1-5-6-7-8-15-10-13(3)16(4)11-14-9-12(14)2/h12-15H,5-11H2,1-4H3. The van der Waals surface area contributed by atoms with Gasteiger partial charge in [-0.05, 0) is 45.2 Å². The van der Waals surface area contributed by atoms with Gasteiger partial charge in [-0.3, -0.25) is 0 Å². The molecule has 1 N–H and O–H groups in total. The minimum Gasteiger partial charge on any atom is -0.315 e. The van der Waals surface area contributed by atoms with Gasteiger partial charge in [-0.1, -0.05) is 26.7 Å². The molecule has 2 heteroatoms. The maximum atomic E-state index is 3.56. The first-order valence-corrected chi connectivity index (χ1v) is 7.06. The van der Waals surface area contributed by atoms with Gasteiger partial charge in [0.05, 0.1) is 0 Å². The lowest BCUT2D eigenvalue weighted by molar-refractivity contribution is 0.238. The Labute approximate surface area is 102 Å². The minimum absolute atomic E-state index is 0.675. The van der Waals surface area contributed by atoms with Gasteiger partial charge in [0.1, 0.15) is 0 Å². The highest BCUT2D eigenvalue weighted by atomic mass is 15.1. The largest absolute Gasteiger partial charge is 0.315 e. The highest BCUT2D eigenvalue weighted by molar-refractivity contribution is 4.85. The summed E-state index contributed by atoms with van der Waals surface area (Å²) in [6, 6.07) is 0.675. The fraction of sp³-hybridized carbons (Fsp3) is 1.00. The molecule has 1 aliphatic rings. The maximum Gasteiger partial charge on any atom is 0.0189 e. The second-order valence-corrected chi connectivity index (χ2v) is 5.67. The normalized spacial score (nSPS) is 26.1. The Hall–Kier alpha value is -0.0800. The van der Waals surface area contributed by atoms with Crippen molar-refractivity contribution < 1.29 is 0 Å². The molecule has 0 bridgehead atoms. The van der Waals surface area contributed by atoms with Gasteiger partial charge in [-0.25, -0.2) is 0 Å². The average molecular weight is 226 g/mol. The number of nitrogens with zero attached hydrogens (tertiary/aromatic N) is 1. The van der Waals surface area contributed by atoms with E-state index in [1.54, 1.807) is 0 Å². The van der Waals surface area contributed by atoms with E-state index in [-0.39, 0.29) is 0 Å². The fourth-order valence-corrected chi connectivity index (χ4v) is 2.17. The SMILES string of the molecule is CCCCCNCC(C)N(C)CC1CC1C. The predicted octanol–water partition coefficient (Wildman–Crippen LogP) is 2.74. The van der Waals surface area contributed by atoms with Gasteiger partial charge in [0.15, 0.2) is 0 Å². The molecule has 2 nitrogen and oxygen atoms in total. The Bertz CT molecular complexity index is 182. The van der Waals surface area contributed by atoms with Crippen LogP contribution in [0.2, 0.25) is 0 Å². The first-order valence-electron chi connectivity index (χ1n) is 7.06. The first-order chi connectivity index (χ1) is 7.65. The molecule has 0 aliphatic heterocycles. The van der Waals surface area contributed by atoms with E-state index in [0.29, 0.717) is 6.04 Å². The van der Waals surface area contributed by atoms with Crippen LogP contribution < -0.4 is 5.32 Å². The zero-order chi connectivity index (χ0) is 12.0. The van der Waals surface area contributed by atoms with Gasteiger partial charge in [-0.15, -0.1) is 0 Å². The van der Waals surface area contributed by atoms with Gasteiger partial charge in [0.25, 0.3) is 0 Å². The van der Waals surface area contributed by atoms with E-state index < -0.39 is 0 Å². The molecule has 1 fully saturated rings. The summed E-state index contributed by atoms with van der Waals surface area (Å²) in [4.78, 5) is 2.51. The van der Waals surface area contributed by atoms with Crippen LogP contribution in [0, 0.1) is 11.8 Å². The number of likely N-dealkylation sites (N-methyl/N-ethyl adjacent to an activating group) is 1. The number of hydrogen-bond donors (Lipinski definition) is 1. The van der Waals surface area contributed by atoms with Crippen LogP contribution >= 0.6 is 0 Å². The fourth-order valence-electron chi connectivity index (χ4n) is 2.17. The molecule has 0 radical (unpaired) electrons. The van der Waals surface area contributed by atoms with Gasteiger partial charge >= 0.3 is 0 Å². The van der Waals surface area contributed by atoms with Crippen molar-refractivity contribution in [2.75, 3.05) is 26.7 Å². The van der Waals surface area contributed by atoms with Crippen molar-refractivity contribution in [3.05, 3.63) is 0 Å². The van der Waals surface area contributed by atoms with Gasteiger partial charge in [-0.2, -0.15) is 0 Å². The molecule has 0 saturated heterocycles. The van der Waals surface area contributed by atoms with Crippen molar-refractivity contribution in [1.29, 1.82) is 0 Å². The summed E-state index contributed by atoms with van der Waals surface area (Å²) in [5.74, 6) is 1.96. The first kappa shape index (κ1) is 14.0. The monoisotopic (exact) mass is 226 g/mol. The van der Waals surface area contributed by atoms with E-state index in [9.17, 15) is 0 Å². The molecule has 3 atom stereocenters. The Kier molecular flexibility index (Phi) is 6.37. The lowest BCUT2D eigenvalue weighted by atomic mass is 10.2. The van der Waals surface area contributed by atoms with E-state index in [0.717, 1.165) is 18.4 Å². The predicted molar refractivity (Wildman–Crippen MR) is 71.8 cm³/mol. The molecule has 0 spiro atoms. The molecular formula is C14H30N2. The third kappa shape index (κ3) is 5.31. The van der Waals surface area contributed by atoms with Crippen molar-refractivity contribution >= 4 is 0 Å². The zero-order valence-corrected chi connectivity index (χ0v) is 11.6. The number of hydrogen-bond acceptors (Lipinski definition) is 2. The van der Waals surface area contributed by atoms with Crippen LogP contribution in [0.4, 0.5) is 0 Å². The summed E-state index contributed by atoms with van der Waals surface area (Å²) in [5.41, 5.74) is 0. The molecule has 0 amide bonds. The molecule has 1 rings (SSSR count). The Morgan fingerprint density at radius 1 is 1.38 bits per heavy atom. The van der Waals surface area contributed by atoms with Crippen molar-refractivity contribution in [2.24, 2.45) is 11.8 Å². The highest BCUT2D eigenvalue weighted by Crippen LogP contribution is 2.38. The third-order valence-electron chi connectivity index (χ3n) is 3.95. The Morgan fingerprint density at radius 2 is 2.06 bits per heavy atom. The summed E-state index contributed by atoms with van der Waals surface area (Å²) < 4.78 is 0. The number of unbranched alkanes of at least 4 members (excludes halogenated alkanes) is 2. The smallest absolute Gasteiger partial charge is 0.0189 e. The third-order valence-corrected chi connectivity index (χ3v) is 3.95. The van der Waals surface area contributed by atoms with E-state index in [1.165, 1.54) is 38.8 Å². The van der Waals surface area contributed by atoms with Crippen LogP contribution in [-0.2, 0) is 0 Å². The van der Waals surface area contributed by atoms with Crippen LogP contribution in [0.1, 0.15) is 46.5 Å². The van der Waals surface area contributed by atoms with Gasteiger partial charge in [0.2, 0.25) is 0 Å². The number of rotatable bonds is 9. The van der Waals surface area contributed by atoms with Crippen LogP contribution in [0.3, 0.4) is 0 Å². The summed E-state index contributed by atoms with van der Waals surface area (Å²) in [7, 11) is 2.27. The van der Waals surface area contributed by atoms with Crippen LogP contribution in [0.25, 0.3) is 0 Å². The van der Waals surface area contributed by atoms with Crippen molar-refractivity contribution in [2.45, 2.75) is 52.5 Å². The maximum absolute atomic E-state index is 3.56. The second-order valence-electron chi connectivity index (χ2n) is 5.67. The summed E-state index contributed by atoms with van der Waals surface area (Å²) in [5, 5.41) is 3.56. The van der Waals surface area contributed by atoms with Crippen molar-refractivity contribution in [1.82, 2.24) is 10.2 Å². The molecule has 0 aromatic rings. The molecule has 0 aromatic heterocycles. The lowest BCUT2D eigenvalue weighted by Gasteiger charge is -2.25. The zero-order valence-electron chi connectivity index (χ0n) is 11.6. The Morgan fingerprint density at radius 3 is 2.62 bits per heavy atom. The van der Waals surface area contributed by atoms with Gasteiger partial charge in [0, 0.05) is 19.1 Å². The van der Waals surface area contributed by atoms with Crippen molar-refractivity contribution in [3.63, 3.8) is 0 Å². The molecule has 0 heterocycles. The lowest BCUT2D eigenvalue weighted by Crippen LogP contribution is -2.39. The summed E-state index contributed by atoms with van der Waals surface area (Å²) >= 11 is 0. The molecule has 3 unspecified atom stereocenters. The van der Waals surface area contributed by atoms with Gasteiger partial charge < -0.3 is 10.2 Å². The van der Waals surface area contributed by atoms with Crippen LogP contribution in [-0.4, -0.2) is 37.6 Å². The van der Waals surface area contributed by atoms with E-state index in [1.807, 2.05) is 0 Å². The summed E-state index contributed by atoms with van der Waals surface area (Å²) in [6.07, 6.45) is 5.45. The molecular weight excluding hydrogens is 196 g/mol. The van der Waals surface area contributed by atoms with E-state index >= 15 is 0 Å². The topological polar surface area (TPSA) is 15.3 Å². The molecule has 1 saturated carbocycles. The average Bonchev–Trinajstić information content (AvgIpc) is 2.93. The molecule has 1 aliphatic carbocycles. The molecule has 0 aromatic carbocycles. The Balaban J connectivity index is 1.98. The summed E-state index contributed by atoms with van der Waals surface area (Å²) in [6.45, 7) is 10.6. The van der Waals surface area contributed by atoms with E-state index in [2.05, 4.69) is 38.0 Å². The van der Waals surface area contributed by atoms with E-state index in [4.69, 9.17) is 0 Å². The molecule has 16 heavy (non-hydrogen) atoms. The van der Waals surface area contributed by atoms with Crippen LogP contribution in [0.15, 0.2) is 0 Å². The minimum atomic E-state index is 0.675. The highest BCUT2D eigenvalue weighted by Gasteiger charge is 2.33.